The molecule has 6 heteroatoms. The number of Topliss-reactive ketones (excluding diaryl/α,β-unsaturated/α-hetero) is 1. The van der Waals surface area contributed by atoms with Crippen molar-refractivity contribution in [3.63, 3.8) is 0 Å². The van der Waals surface area contributed by atoms with Crippen LogP contribution < -0.4 is 0 Å². The van der Waals surface area contributed by atoms with E-state index in [0.717, 1.165) is 0 Å². The minimum Gasteiger partial charge on any atom is -0.449 e. The summed E-state index contributed by atoms with van der Waals surface area (Å²) in [6.45, 7) is 7.86. The van der Waals surface area contributed by atoms with Crippen molar-refractivity contribution >= 4 is 17.8 Å². The molecule has 114 valence electrons. The zero-order chi connectivity index (χ0) is 15.1. The van der Waals surface area contributed by atoms with Crippen LogP contribution in [0.1, 0.15) is 33.6 Å². The number of amides is 2. The van der Waals surface area contributed by atoms with Crippen molar-refractivity contribution in [2.24, 2.45) is 5.92 Å². The summed E-state index contributed by atoms with van der Waals surface area (Å²) in [4.78, 5) is 37.8. The number of piperazine rings is 1. The molecule has 0 unspecified atom stereocenters. The van der Waals surface area contributed by atoms with E-state index in [1.807, 2.05) is 13.8 Å². The number of carbonyl (C=O) groups excluding carboxylic acids is 3. The van der Waals surface area contributed by atoms with Crippen molar-refractivity contribution in [2.45, 2.75) is 33.6 Å². The number of ether oxygens (including phenoxy) is 1. The Morgan fingerprint density at radius 2 is 1.55 bits per heavy atom. The zero-order valence-corrected chi connectivity index (χ0v) is 12.6. The lowest BCUT2D eigenvalue weighted by molar-refractivity contribution is -0.134. The lowest BCUT2D eigenvalue weighted by Gasteiger charge is -2.34. The number of rotatable bonds is 5. The summed E-state index contributed by atoms with van der Waals surface area (Å²) in [6, 6.07) is 0. The summed E-state index contributed by atoms with van der Waals surface area (Å²) in [5.41, 5.74) is 0. The second-order valence-corrected chi connectivity index (χ2v) is 5.54. The molecular weight excluding hydrogens is 260 g/mol. The maximum Gasteiger partial charge on any atom is 0.409 e. The molecule has 1 rings (SSSR count). The molecule has 20 heavy (non-hydrogen) atoms. The first kappa shape index (κ1) is 16.5. The molecule has 6 nitrogen and oxygen atoms in total. The van der Waals surface area contributed by atoms with Crippen molar-refractivity contribution in [1.29, 1.82) is 0 Å². The highest BCUT2D eigenvalue weighted by Gasteiger charge is 2.24. The minimum atomic E-state index is -0.311. The van der Waals surface area contributed by atoms with Gasteiger partial charge >= 0.3 is 6.09 Å². The topological polar surface area (TPSA) is 66.9 Å². The fraction of sp³-hybridized carbons (Fsp3) is 0.786. The summed E-state index contributed by atoms with van der Waals surface area (Å²) in [6.07, 6.45) is 0.234. The van der Waals surface area contributed by atoms with Crippen LogP contribution in [0.5, 0.6) is 0 Å². The van der Waals surface area contributed by atoms with E-state index < -0.39 is 0 Å². The van der Waals surface area contributed by atoms with Crippen LogP contribution in [0.15, 0.2) is 0 Å². The molecule has 2 amide bonds. The molecule has 0 atom stereocenters. The largest absolute Gasteiger partial charge is 0.449 e. The molecule has 0 aliphatic carbocycles. The fourth-order valence-electron chi connectivity index (χ4n) is 1.91. The van der Waals surface area contributed by atoms with Crippen LogP contribution in [-0.4, -0.2) is 60.4 Å². The predicted octanol–water partition coefficient (Wildman–Crippen LogP) is 1.29. The molecule has 0 saturated carbocycles. The summed E-state index contributed by atoms with van der Waals surface area (Å²) in [5.74, 6) is 0.318. The number of hydrogen-bond donors (Lipinski definition) is 0. The lowest BCUT2D eigenvalue weighted by atomic mass is 10.2. The third kappa shape index (κ3) is 5.59. The van der Waals surface area contributed by atoms with E-state index in [-0.39, 0.29) is 30.6 Å². The van der Waals surface area contributed by atoms with Crippen LogP contribution >= 0.6 is 0 Å². The highest BCUT2D eigenvalue weighted by atomic mass is 16.6. The van der Waals surface area contributed by atoms with Crippen molar-refractivity contribution in [2.75, 3.05) is 32.8 Å². The molecule has 0 N–H and O–H groups in total. The third-order valence-corrected chi connectivity index (χ3v) is 3.12. The van der Waals surface area contributed by atoms with Crippen molar-refractivity contribution in [3.8, 4) is 0 Å². The van der Waals surface area contributed by atoms with Gasteiger partial charge in [-0.25, -0.2) is 4.79 Å². The van der Waals surface area contributed by atoms with E-state index in [4.69, 9.17) is 4.74 Å². The zero-order valence-electron chi connectivity index (χ0n) is 12.6. The van der Waals surface area contributed by atoms with E-state index in [9.17, 15) is 14.4 Å². The van der Waals surface area contributed by atoms with Gasteiger partial charge in [0.15, 0.2) is 0 Å². The van der Waals surface area contributed by atoms with Gasteiger partial charge in [-0.05, 0) is 12.8 Å². The molecule has 0 aromatic carbocycles. The van der Waals surface area contributed by atoms with Crippen LogP contribution in [0.25, 0.3) is 0 Å². The van der Waals surface area contributed by atoms with E-state index in [1.165, 1.54) is 6.92 Å². The Morgan fingerprint density at radius 1 is 1.00 bits per heavy atom. The van der Waals surface area contributed by atoms with Gasteiger partial charge in [-0.1, -0.05) is 13.8 Å². The molecule has 1 saturated heterocycles. The summed E-state index contributed by atoms with van der Waals surface area (Å²) < 4.78 is 5.16. The highest BCUT2D eigenvalue weighted by Crippen LogP contribution is 2.07. The van der Waals surface area contributed by atoms with Gasteiger partial charge in [-0.3, -0.25) is 4.79 Å². The van der Waals surface area contributed by atoms with Gasteiger partial charge in [0, 0.05) is 39.0 Å². The number of ketones is 1. The minimum absolute atomic E-state index is 0.0182. The molecule has 0 aromatic heterocycles. The van der Waals surface area contributed by atoms with E-state index in [1.54, 1.807) is 9.80 Å². The van der Waals surface area contributed by atoms with Gasteiger partial charge in [0.25, 0.3) is 0 Å². The Bertz CT molecular complexity index is 360. The van der Waals surface area contributed by atoms with Crippen LogP contribution in [0.2, 0.25) is 0 Å². The van der Waals surface area contributed by atoms with Crippen LogP contribution in [0.4, 0.5) is 4.79 Å². The molecular formula is C14H24N2O4. The molecule has 0 bridgehead atoms. The molecule has 1 aliphatic heterocycles. The van der Waals surface area contributed by atoms with Gasteiger partial charge in [0.1, 0.15) is 5.78 Å². The first-order chi connectivity index (χ1) is 9.40. The summed E-state index contributed by atoms with van der Waals surface area (Å²) in [5, 5.41) is 0. The lowest BCUT2D eigenvalue weighted by Crippen LogP contribution is -2.50. The van der Waals surface area contributed by atoms with Gasteiger partial charge in [-0.2, -0.15) is 0 Å². The Morgan fingerprint density at radius 3 is 2.05 bits per heavy atom. The van der Waals surface area contributed by atoms with Crippen LogP contribution in [0.3, 0.4) is 0 Å². The molecule has 0 spiro atoms. The van der Waals surface area contributed by atoms with Crippen LogP contribution in [0, 0.1) is 5.92 Å². The molecule has 1 aliphatic rings. The second-order valence-electron chi connectivity index (χ2n) is 5.54. The van der Waals surface area contributed by atoms with Crippen LogP contribution in [-0.2, 0) is 14.3 Å². The van der Waals surface area contributed by atoms with Gasteiger partial charge in [0.2, 0.25) is 5.91 Å². The van der Waals surface area contributed by atoms with E-state index >= 15 is 0 Å². The van der Waals surface area contributed by atoms with E-state index in [2.05, 4.69) is 0 Å². The number of carbonyl (C=O) groups is 3. The summed E-state index contributed by atoms with van der Waals surface area (Å²) >= 11 is 0. The number of nitrogens with zero attached hydrogens (tertiary/aromatic N) is 2. The quantitative estimate of drug-likeness (QED) is 0.763. The van der Waals surface area contributed by atoms with Gasteiger partial charge in [-0.15, -0.1) is 0 Å². The molecule has 0 radical (unpaired) electrons. The maximum atomic E-state index is 11.8. The number of hydrogen-bond acceptors (Lipinski definition) is 4. The first-order valence-corrected chi connectivity index (χ1v) is 7.09. The molecule has 0 aromatic rings. The average molecular weight is 284 g/mol. The SMILES string of the molecule is CC(=O)CCC(=O)N1CCN(C(=O)OCC(C)C)CC1. The Kier molecular flexibility index (Phi) is 6.48. The molecule has 1 fully saturated rings. The Balaban J connectivity index is 2.30. The van der Waals surface area contributed by atoms with Crippen molar-refractivity contribution in [1.82, 2.24) is 9.80 Å². The first-order valence-electron chi connectivity index (χ1n) is 7.09. The summed E-state index contributed by atoms with van der Waals surface area (Å²) in [7, 11) is 0. The van der Waals surface area contributed by atoms with Crippen molar-refractivity contribution in [3.05, 3.63) is 0 Å². The Labute approximate surface area is 120 Å². The van der Waals surface area contributed by atoms with Gasteiger partial charge < -0.3 is 19.3 Å². The molecule has 1 heterocycles. The highest BCUT2D eigenvalue weighted by molar-refractivity contribution is 5.83. The Hall–Kier alpha value is -1.59. The monoisotopic (exact) mass is 284 g/mol. The predicted molar refractivity (Wildman–Crippen MR) is 74.3 cm³/mol. The maximum absolute atomic E-state index is 11.8. The normalized spacial score (nSPS) is 15.4. The van der Waals surface area contributed by atoms with Gasteiger partial charge in [0.05, 0.1) is 6.61 Å². The average Bonchev–Trinajstić information content (AvgIpc) is 2.42. The third-order valence-electron chi connectivity index (χ3n) is 3.12. The van der Waals surface area contributed by atoms with E-state index in [0.29, 0.717) is 38.7 Å². The van der Waals surface area contributed by atoms with Crippen molar-refractivity contribution < 1.29 is 19.1 Å². The fourth-order valence-corrected chi connectivity index (χ4v) is 1.91. The standard InChI is InChI=1S/C14H24N2O4/c1-11(2)10-20-14(19)16-8-6-15(7-9-16)13(18)5-4-12(3)17/h11H,4-10H2,1-3H3. The second kappa shape index (κ2) is 7.87. The smallest absolute Gasteiger partial charge is 0.409 e.